The highest BCUT2D eigenvalue weighted by molar-refractivity contribution is 5.63. The van der Waals surface area contributed by atoms with Crippen LogP contribution in [-0.4, -0.2) is 31.2 Å². The number of rotatable bonds is 3. The molecule has 0 saturated carbocycles. The van der Waals surface area contributed by atoms with E-state index in [1.807, 2.05) is 6.92 Å². The zero-order chi connectivity index (χ0) is 9.95. The van der Waals surface area contributed by atoms with Gasteiger partial charge in [-0.25, -0.2) is 0 Å². The summed E-state index contributed by atoms with van der Waals surface area (Å²) >= 11 is 0. The monoisotopic (exact) mass is 186 g/mol. The van der Waals surface area contributed by atoms with Gasteiger partial charge >= 0.3 is 0 Å². The second kappa shape index (κ2) is 3.76. The molecular formula is C10H18O3. The van der Waals surface area contributed by atoms with E-state index < -0.39 is 5.60 Å². The van der Waals surface area contributed by atoms with E-state index in [0.29, 0.717) is 19.4 Å². The molecule has 1 fully saturated rings. The highest BCUT2D eigenvalue weighted by Crippen LogP contribution is 2.35. The van der Waals surface area contributed by atoms with Gasteiger partial charge in [0.25, 0.3) is 0 Å². The molecule has 1 aliphatic heterocycles. The van der Waals surface area contributed by atoms with Crippen LogP contribution in [-0.2, 0) is 14.3 Å². The van der Waals surface area contributed by atoms with Crippen molar-refractivity contribution in [2.45, 2.75) is 44.3 Å². The summed E-state index contributed by atoms with van der Waals surface area (Å²) in [5.41, 5.74) is -0.807. The van der Waals surface area contributed by atoms with E-state index in [1.165, 1.54) is 0 Å². The van der Waals surface area contributed by atoms with Crippen LogP contribution in [0.1, 0.15) is 33.1 Å². The number of hydrogen-bond acceptors (Lipinski definition) is 3. The van der Waals surface area contributed by atoms with Crippen LogP contribution in [0.15, 0.2) is 0 Å². The number of hydrogen-bond donors (Lipinski definition) is 0. The Hall–Kier alpha value is -0.410. The summed E-state index contributed by atoms with van der Waals surface area (Å²) in [5.74, 6) is 0. The van der Waals surface area contributed by atoms with Crippen molar-refractivity contribution in [3.05, 3.63) is 0 Å². The van der Waals surface area contributed by atoms with Gasteiger partial charge in [0.15, 0.2) is 6.29 Å². The Morgan fingerprint density at radius 2 is 2.31 bits per heavy atom. The first-order chi connectivity index (χ1) is 6.10. The largest absolute Gasteiger partial charge is 0.375 e. The summed E-state index contributed by atoms with van der Waals surface area (Å²) < 4.78 is 10.9. The van der Waals surface area contributed by atoms with Crippen LogP contribution in [0.3, 0.4) is 0 Å². The van der Waals surface area contributed by atoms with Crippen LogP contribution < -0.4 is 0 Å². The maximum Gasteiger partial charge on any atom is 0.152 e. The topological polar surface area (TPSA) is 35.5 Å². The molecule has 3 heteroatoms. The number of carbonyl (C=O) groups excluding carboxylic acids is 1. The minimum Gasteiger partial charge on any atom is -0.375 e. The Morgan fingerprint density at radius 1 is 1.62 bits per heavy atom. The number of aldehydes is 1. The van der Waals surface area contributed by atoms with Gasteiger partial charge in [0, 0.05) is 20.0 Å². The maximum atomic E-state index is 10.9. The maximum absolute atomic E-state index is 10.9. The predicted octanol–water partition coefficient (Wildman–Crippen LogP) is 1.55. The van der Waals surface area contributed by atoms with Crippen molar-refractivity contribution in [1.29, 1.82) is 0 Å². The third kappa shape index (κ3) is 2.09. The summed E-state index contributed by atoms with van der Waals surface area (Å²) in [6, 6.07) is 0. The second-order valence-electron chi connectivity index (χ2n) is 3.97. The van der Waals surface area contributed by atoms with Crippen LogP contribution in [0, 0.1) is 0 Å². The molecule has 1 saturated heterocycles. The highest BCUT2D eigenvalue weighted by Gasteiger charge is 2.42. The molecule has 0 aromatic rings. The second-order valence-corrected chi connectivity index (χ2v) is 3.97. The van der Waals surface area contributed by atoms with E-state index >= 15 is 0 Å². The summed E-state index contributed by atoms with van der Waals surface area (Å²) in [5, 5.41) is 0. The van der Waals surface area contributed by atoms with E-state index in [1.54, 1.807) is 7.11 Å². The molecule has 3 nitrogen and oxygen atoms in total. The van der Waals surface area contributed by atoms with Crippen molar-refractivity contribution in [2.24, 2.45) is 0 Å². The van der Waals surface area contributed by atoms with Crippen LogP contribution in [0.5, 0.6) is 0 Å². The molecule has 2 atom stereocenters. The van der Waals surface area contributed by atoms with E-state index in [9.17, 15) is 4.79 Å². The van der Waals surface area contributed by atoms with Crippen LogP contribution in [0.2, 0.25) is 0 Å². The van der Waals surface area contributed by atoms with Gasteiger partial charge in [0.2, 0.25) is 0 Å². The molecule has 0 amide bonds. The Bertz CT molecular complexity index is 193. The van der Waals surface area contributed by atoms with Gasteiger partial charge in [0.05, 0.1) is 12.2 Å². The third-order valence-electron chi connectivity index (χ3n) is 3.02. The quantitative estimate of drug-likeness (QED) is 0.627. The molecule has 1 aliphatic rings. The fourth-order valence-electron chi connectivity index (χ4n) is 1.79. The predicted molar refractivity (Wildman–Crippen MR) is 49.7 cm³/mol. The zero-order valence-electron chi connectivity index (χ0n) is 8.63. The van der Waals surface area contributed by atoms with Crippen LogP contribution >= 0.6 is 0 Å². The van der Waals surface area contributed by atoms with Crippen LogP contribution in [0.25, 0.3) is 0 Å². The molecule has 2 unspecified atom stereocenters. The van der Waals surface area contributed by atoms with Crippen LogP contribution in [0.4, 0.5) is 0 Å². The van der Waals surface area contributed by atoms with Crippen molar-refractivity contribution in [3.8, 4) is 0 Å². The van der Waals surface area contributed by atoms with Gasteiger partial charge in [-0.1, -0.05) is 6.92 Å². The zero-order valence-corrected chi connectivity index (χ0v) is 8.63. The summed E-state index contributed by atoms with van der Waals surface area (Å²) in [7, 11) is 1.59. The SMILES string of the molecule is CCC1(C)CC(C=O)(OC)CCO1. The van der Waals surface area contributed by atoms with E-state index in [2.05, 4.69) is 6.92 Å². The van der Waals surface area contributed by atoms with Crippen molar-refractivity contribution in [1.82, 2.24) is 0 Å². The van der Waals surface area contributed by atoms with Crippen molar-refractivity contribution in [2.75, 3.05) is 13.7 Å². The fraction of sp³-hybridized carbons (Fsp3) is 0.900. The molecule has 1 rings (SSSR count). The highest BCUT2D eigenvalue weighted by atomic mass is 16.5. The Morgan fingerprint density at radius 3 is 2.77 bits per heavy atom. The third-order valence-corrected chi connectivity index (χ3v) is 3.02. The smallest absolute Gasteiger partial charge is 0.152 e. The lowest BCUT2D eigenvalue weighted by Gasteiger charge is -2.42. The molecule has 0 aromatic carbocycles. The van der Waals surface area contributed by atoms with E-state index in [-0.39, 0.29) is 5.60 Å². The molecule has 13 heavy (non-hydrogen) atoms. The average Bonchev–Trinajstić information content (AvgIpc) is 2.18. The van der Waals surface area contributed by atoms with E-state index in [4.69, 9.17) is 9.47 Å². The van der Waals surface area contributed by atoms with Gasteiger partial charge < -0.3 is 14.3 Å². The Labute approximate surface area is 79.4 Å². The minimum atomic E-state index is -0.608. The lowest BCUT2D eigenvalue weighted by Crippen LogP contribution is -2.49. The summed E-state index contributed by atoms with van der Waals surface area (Å²) in [6.07, 6.45) is 3.16. The molecule has 0 N–H and O–H groups in total. The van der Waals surface area contributed by atoms with Crippen molar-refractivity contribution >= 4 is 6.29 Å². The Balaban J connectivity index is 2.74. The fourth-order valence-corrected chi connectivity index (χ4v) is 1.79. The molecular weight excluding hydrogens is 168 g/mol. The van der Waals surface area contributed by atoms with Crippen molar-refractivity contribution < 1.29 is 14.3 Å². The number of carbonyl (C=O) groups is 1. The molecule has 0 bridgehead atoms. The normalized spacial score (nSPS) is 40.2. The lowest BCUT2D eigenvalue weighted by atomic mass is 9.82. The average molecular weight is 186 g/mol. The number of methoxy groups -OCH3 is 1. The Kier molecular flexibility index (Phi) is 3.09. The summed E-state index contributed by atoms with van der Waals surface area (Å²) in [6.45, 7) is 4.71. The standard InChI is InChI=1S/C10H18O3/c1-4-9(2)7-10(8-11,12-3)5-6-13-9/h8H,4-7H2,1-3H3. The van der Waals surface area contributed by atoms with Gasteiger partial charge in [-0.3, -0.25) is 0 Å². The first-order valence-electron chi connectivity index (χ1n) is 4.75. The summed E-state index contributed by atoms with van der Waals surface area (Å²) in [4.78, 5) is 10.9. The first kappa shape index (κ1) is 10.7. The molecule has 76 valence electrons. The van der Waals surface area contributed by atoms with Gasteiger partial charge in [-0.15, -0.1) is 0 Å². The van der Waals surface area contributed by atoms with Gasteiger partial charge in [-0.2, -0.15) is 0 Å². The van der Waals surface area contributed by atoms with Gasteiger partial charge in [0.1, 0.15) is 5.60 Å². The van der Waals surface area contributed by atoms with Gasteiger partial charge in [-0.05, 0) is 13.3 Å². The number of ether oxygens (including phenoxy) is 2. The lowest BCUT2D eigenvalue weighted by molar-refractivity contribution is -0.169. The van der Waals surface area contributed by atoms with E-state index in [0.717, 1.165) is 12.7 Å². The minimum absolute atomic E-state index is 0.199. The molecule has 1 heterocycles. The molecule has 0 aliphatic carbocycles. The van der Waals surface area contributed by atoms with Crippen molar-refractivity contribution in [3.63, 3.8) is 0 Å². The molecule has 0 spiro atoms. The first-order valence-corrected chi connectivity index (χ1v) is 4.75. The molecule has 0 radical (unpaired) electrons. The molecule has 0 aromatic heterocycles.